The van der Waals surface area contributed by atoms with Crippen LogP contribution in [0.4, 0.5) is 0 Å². The maximum atomic E-state index is 12.8. The summed E-state index contributed by atoms with van der Waals surface area (Å²) >= 11 is 0. The summed E-state index contributed by atoms with van der Waals surface area (Å²) in [5, 5.41) is 0. The summed E-state index contributed by atoms with van der Waals surface area (Å²) in [5.74, 6) is 0.657. The molecule has 0 aliphatic rings. The molecule has 0 heterocycles. The summed E-state index contributed by atoms with van der Waals surface area (Å²) < 4.78 is 11.3. The second kappa shape index (κ2) is 7.29. The molecule has 1 rings (SSSR count). The van der Waals surface area contributed by atoms with Gasteiger partial charge in [0.15, 0.2) is 5.78 Å². The predicted octanol–water partition coefficient (Wildman–Crippen LogP) is 3.86. The molecule has 3 nitrogen and oxygen atoms in total. The molecule has 1 aromatic carbocycles. The van der Waals surface area contributed by atoms with Crippen LogP contribution in [0.2, 0.25) is 0 Å². The lowest BCUT2D eigenvalue weighted by Gasteiger charge is -2.30. The second-order valence-corrected chi connectivity index (χ2v) is 4.39. The van der Waals surface area contributed by atoms with E-state index in [9.17, 15) is 4.79 Å². The van der Waals surface area contributed by atoms with Gasteiger partial charge in [0.05, 0.1) is 12.2 Å². The van der Waals surface area contributed by atoms with Gasteiger partial charge in [-0.15, -0.1) is 0 Å². The Kier molecular flexibility index (Phi) is 6.03. The van der Waals surface area contributed by atoms with Gasteiger partial charge in [0.2, 0.25) is 0 Å². The molecule has 0 unspecified atom stereocenters. The molecule has 0 aliphatic heterocycles. The summed E-state index contributed by atoms with van der Waals surface area (Å²) in [4.78, 5) is 12.8. The summed E-state index contributed by atoms with van der Waals surface area (Å²) in [7, 11) is 0. The smallest absolute Gasteiger partial charge is 0.198 e. The minimum atomic E-state index is -0.734. The fourth-order valence-electron chi connectivity index (χ4n) is 2.30. The zero-order valence-electron chi connectivity index (χ0n) is 12.4. The van der Waals surface area contributed by atoms with Crippen molar-refractivity contribution in [3.63, 3.8) is 0 Å². The number of benzene rings is 1. The molecule has 0 aliphatic carbocycles. The van der Waals surface area contributed by atoms with Gasteiger partial charge in [0.1, 0.15) is 11.4 Å². The van der Waals surface area contributed by atoms with Crippen molar-refractivity contribution in [1.82, 2.24) is 0 Å². The van der Waals surface area contributed by atoms with Crippen molar-refractivity contribution >= 4 is 5.78 Å². The van der Waals surface area contributed by atoms with Crippen LogP contribution in [-0.4, -0.2) is 24.6 Å². The fraction of sp³-hybridized carbons (Fsp3) is 0.562. The first-order valence-corrected chi connectivity index (χ1v) is 7.05. The third-order valence-electron chi connectivity index (χ3n) is 3.41. The zero-order valence-corrected chi connectivity index (χ0v) is 12.4. The summed E-state index contributed by atoms with van der Waals surface area (Å²) in [5.41, 5.74) is -0.122. The summed E-state index contributed by atoms with van der Waals surface area (Å²) in [6.07, 6.45) is 1.33. The molecule has 106 valence electrons. The van der Waals surface area contributed by atoms with Gasteiger partial charge < -0.3 is 9.47 Å². The van der Waals surface area contributed by atoms with Gasteiger partial charge in [-0.2, -0.15) is 0 Å². The monoisotopic (exact) mass is 264 g/mol. The lowest BCUT2D eigenvalue weighted by Crippen LogP contribution is -2.40. The van der Waals surface area contributed by atoms with Gasteiger partial charge in [-0.3, -0.25) is 4.79 Å². The highest BCUT2D eigenvalue weighted by Gasteiger charge is 2.37. The van der Waals surface area contributed by atoms with Crippen molar-refractivity contribution in [3.8, 4) is 5.75 Å². The van der Waals surface area contributed by atoms with Crippen LogP contribution in [0.3, 0.4) is 0 Å². The van der Waals surface area contributed by atoms with E-state index in [1.165, 1.54) is 0 Å². The van der Waals surface area contributed by atoms with Gasteiger partial charge in [-0.05, 0) is 38.8 Å². The Balaban J connectivity index is 3.16. The Bertz CT molecular complexity index is 408. The van der Waals surface area contributed by atoms with E-state index >= 15 is 0 Å². The number of Topliss-reactive ketones (excluding diaryl/α,β-unsaturated/α-hetero) is 1. The molecular formula is C16H24O3. The number of rotatable bonds is 8. The number of hydrogen-bond acceptors (Lipinski definition) is 3. The average Bonchev–Trinajstić information content (AvgIpc) is 2.45. The Morgan fingerprint density at radius 3 is 2.21 bits per heavy atom. The molecule has 0 amide bonds. The Hall–Kier alpha value is -1.35. The van der Waals surface area contributed by atoms with Crippen molar-refractivity contribution in [1.29, 1.82) is 0 Å². The first kappa shape index (κ1) is 15.7. The van der Waals surface area contributed by atoms with E-state index in [0.29, 0.717) is 37.4 Å². The Morgan fingerprint density at radius 2 is 1.68 bits per heavy atom. The van der Waals surface area contributed by atoms with E-state index in [1.54, 1.807) is 0 Å². The van der Waals surface area contributed by atoms with Crippen LogP contribution in [0, 0.1) is 0 Å². The van der Waals surface area contributed by atoms with Crippen LogP contribution in [-0.2, 0) is 4.74 Å². The largest absolute Gasteiger partial charge is 0.493 e. The Morgan fingerprint density at radius 1 is 1.05 bits per heavy atom. The van der Waals surface area contributed by atoms with Crippen LogP contribution in [0.5, 0.6) is 5.75 Å². The first-order chi connectivity index (χ1) is 9.15. The Labute approximate surface area is 115 Å². The van der Waals surface area contributed by atoms with Gasteiger partial charge in [-0.1, -0.05) is 26.0 Å². The highest BCUT2D eigenvalue weighted by Crippen LogP contribution is 2.30. The molecule has 3 heteroatoms. The zero-order chi connectivity index (χ0) is 14.3. The standard InChI is InChI=1S/C16H24O3/c1-5-16(6-2,19-8-4)15(17)13-11-9-10-12-14(13)18-7-3/h9-12H,5-8H2,1-4H3. The van der Waals surface area contributed by atoms with Crippen molar-refractivity contribution < 1.29 is 14.3 Å². The van der Waals surface area contributed by atoms with Gasteiger partial charge in [0.25, 0.3) is 0 Å². The minimum Gasteiger partial charge on any atom is -0.493 e. The number of para-hydroxylation sites is 1. The second-order valence-electron chi connectivity index (χ2n) is 4.39. The molecule has 0 aromatic heterocycles. The molecule has 0 fully saturated rings. The highest BCUT2D eigenvalue weighted by atomic mass is 16.5. The molecule has 0 radical (unpaired) electrons. The fourth-order valence-corrected chi connectivity index (χ4v) is 2.30. The number of ether oxygens (including phenoxy) is 2. The maximum Gasteiger partial charge on any atom is 0.198 e. The number of hydrogen-bond donors (Lipinski definition) is 0. The first-order valence-electron chi connectivity index (χ1n) is 7.05. The molecule has 0 N–H and O–H groups in total. The molecule has 0 atom stereocenters. The molecule has 0 saturated heterocycles. The van der Waals surface area contributed by atoms with Crippen molar-refractivity contribution in [2.45, 2.75) is 46.1 Å². The van der Waals surface area contributed by atoms with E-state index in [1.807, 2.05) is 52.0 Å². The molecule has 19 heavy (non-hydrogen) atoms. The summed E-state index contributed by atoms with van der Waals surface area (Å²) in [6, 6.07) is 7.38. The van der Waals surface area contributed by atoms with E-state index in [0.717, 1.165) is 0 Å². The molecule has 0 spiro atoms. The summed E-state index contributed by atoms with van der Waals surface area (Å²) in [6.45, 7) is 8.88. The van der Waals surface area contributed by atoms with Gasteiger partial charge in [0, 0.05) is 6.61 Å². The predicted molar refractivity (Wildman–Crippen MR) is 76.9 cm³/mol. The van der Waals surface area contributed by atoms with Crippen LogP contribution >= 0.6 is 0 Å². The van der Waals surface area contributed by atoms with Gasteiger partial charge >= 0.3 is 0 Å². The quantitative estimate of drug-likeness (QED) is 0.669. The van der Waals surface area contributed by atoms with Crippen molar-refractivity contribution in [2.24, 2.45) is 0 Å². The van der Waals surface area contributed by atoms with Crippen LogP contribution < -0.4 is 4.74 Å². The van der Waals surface area contributed by atoms with Gasteiger partial charge in [-0.25, -0.2) is 0 Å². The highest BCUT2D eigenvalue weighted by molar-refractivity contribution is 6.04. The SMILES string of the molecule is CCOc1ccccc1C(=O)C(CC)(CC)OCC. The molecule has 1 aromatic rings. The third kappa shape index (κ3) is 3.35. The topological polar surface area (TPSA) is 35.5 Å². The third-order valence-corrected chi connectivity index (χ3v) is 3.41. The molecule has 0 saturated carbocycles. The molecule has 0 bridgehead atoms. The average molecular weight is 264 g/mol. The van der Waals surface area contributed by atoms with E-state index < -0.39 is 5.60 Å². The number of carbonyl (C=O) groups excluding carboxylic acids is 1. The molecular weight excluding hydrogens is 240 g/mol. The lowest BCUT2D eigenvalue weighted by atomic mass is 9.87. The minimum absolute atomic E-state index is 0.0170. The van der Waals surface area contributed by atoms with Crippen LogP contribution in [0.25, 0.3) is 0 Å². The van der Waals surface area contributed by atoms with E-state index in [-0.39, 0.29) is 5.78 Å². The van der Waals surface area contributed by atoms with Crippen LogP contribution in [0.15, 0.2) is 24.3 Å². The van der Waals surface area contributed by atoms with E-state index in [2.05, 4.69) is 0 Å². The maximum absolute atomic E-state index is 12.8. The lowest BCUT2D eigenvalue weighted by molar-refractivity contribution is -0.0252. The number of ketones is 1. The van der Waals surface area contributed by atoms with E-state index in [4.69, 9.17) is 9.47 Å². The normalized spacial score (nSPS) is 11.4. The van der Waals surface area contributed by atoms with Crippen molar-refractivity contribution in [2.75, 3.05) is 13.2 Å². The van der Waals surface area contributed by atoms with Crippen LogP contribution in [0.1, 0.15) is 50.9 Å². The number of carbonyl (C=O) groups is 1. The van der Waals surface area contributed by atoms with Crippen molar-refractivity contribution in [3.05, 3.63) is 29.8 Å².